The fourth-order valence-electron chi connectivity index (χ4n) is 4.42. The largest absolute Gasteiger partial charge is 0.249 e. The molecule has 0 saturated heterocycles. The summed E-state index contributed by atoms with van der Waals surface area (Å²) in [6, 6.07) is 33.9. The molecular formula is C32H28OS. The first-order valence-corrected chi connectivity index (χ1v) is 12.8. The van der Waals surface area contributed by atoms with Gasteiger partial charge >= 0.3 is 0 Å². The first-order chi connectivity index (χ1) is 16.4. The van der Waals surface area contributed by atoms with E-state index in [9.17, 15) is 4.21 Å². The molecule has 0 aromatic heterocycles. The molecule has 4 aromatic rings. The van der Waals surface area contributed by atoms with Gasteiger partial charge in [0.1, 0.15) is 0 Å². The van der Waals surface area contributed by atoms with E-state index in [2.05, 4.69) is 125 Å². The number of aryl methyl sites for hydroxylation is 4. The van der Waals surface area contributed by atoms with Gasteiger partial charge in [-0.1, -0.05) is 119 Å². The Morgan fingerprint density at radius 3 is 0.882 bits per heavy atom. The van der Waals surface area contributed by atoms with Gasteiger partial charge in [0.05, 0.1) is 20.6 Å². The van der Waals surface area contributed by atoms with Gasteiger partial charge in [-0.25, -0.2) is 4.21 Å². The smallest absolute Gasteiger partial charge is 0.0875 e. The summed E-state index contributed by atoms with van der Waals surface area (Å²) >= 11 is 0. The maximum absolute atomic E-state index is 14.4. The number of hydrogen-bond donors (Lipinski definition) is 0. The second kappa shape index (κ2) is 9.04. The molecule has 0 radical (unpaired) electrons. The van der Waals surface area contributed by atoms with Gasteiger partial charge in [0.25, 0.3) is 0 Å². The highest BCUT2D eigenvalue weighted by atomic mass is 32.2. The molecule has 0 spiro atoms. The van der Waals surface area contributed by atoms with Gasteiger partial charge in [-0.3, -0.25) is 0 Å². The van der Waals surface area contributed by atoms with Crippen LogP contribution in [0.25, 0.3) is 21.0 Å². The van der Waals surface area contributed by atoms with Crippen molar-refractivity contribution < 1.29 is 4.21 Å². The van der Waals surface area contributed by atoms with Crippen LogP contribution in [0, 0.1) is 27.7 Å². The summed E-state index contributed by atoms with van der Waals surface area (Å²) in [5.74, 6) is 0. The van der Waals surface area contributed by atoms with E-state index in [0.29, 0.717) is 0 Å². The molecule has 168 valence electrons. The Bertz CT molecular complexity index is 1320. The third-order valence-corrected chi connectivity index (χ3v) is 8.00. The van der Waals surface area contributed by atoms with Crippen LogP contribution in [0.5, 0.6) is 0 Å². The minimum Gasteiger partial charge on any atom is -0.249 e. The standard InChI is InChI=1S/C32H28OS/c1-21-5-13-25(14-6-21)29-30(26-15-7-22(2)8-16-26)32(28-19-11-24(4)12-20-28)34(33)31(29)27-17-9-23(3)10-18-27/h5-20H,1-4H3. The van der Waals surface area contributed by atoms with E-state index < -0.39 is 10.8 Å². The van der Waals surface area contributed by atoms with Crippen molar-refractivity contribution in [2.24, 2.45) is 0 Å². The Morgan fingerprint density at radius 1 is 0.382 bits per heavy atom. The van der Waals surface area contributed by atoms with Crippen molar-refractivity contribution in [1.29, 1.82) is 0 Å². The van der Waals surface area contributed by atoms with Gasteiger partial charge in [-0.2, -0.15) is 0 Å². The van der Waals surface area contributed by atoms with Crippen LogP contribution in [0.1, 0.15) is 44.5 Å². The highest BCUT2D eigenvalue weighted by Crippen LogP contribution is 2.52. The summed E-state index contributed by atoms with van der Waals surface area (Å²) in [5.41, 5.74) is 11.1. The molecule has 0 atom stereocenters. The molecule has 0 N–H and O–H groups in total. The quantitative estimate of drug-likeness (QED) is 0.300. The van der Waals surface area contributed by atoms with Crippen LogP contribution < -0.4 is 0 Å². The van der Waals surface area contributed by atoms with Crippen LogP contribution in [-0.4, -0.2) is 4.21 Å². The molecule has 0 fully saturated rings. The lowest BCUT2D eigenvalue weighted by Crippen LogP contribution is -1.95. The molecule has 0 bridgehead atoms. The lowest BCUT2D eigenvalue weighted by atomic mass is 9.88. The van der Waals surface area contributed by atoms with Crippen molar-refractivity contribution in [3.63, 3.8) is 0 Å². The van der Waals surface area contributed by atoms with Crippen molar-refractivity contribution in [3.8, 4) is 0 Å². The van der Waals surface area contributed by atoms with Gasteiger partial charge in [0.2, 0.25) is 0 Å². The molecule has 2 heteroatoms. The molecule has 34 heavy (non-hydrogen) atoms. The van der Waals surface area contributed by atoms with Crippen molar-refractivity contribution in [3.05, 3.63) is 142 Å². The topological polar surface area (TPSA) is 17.1 Å². The average molecular weight is 461 g/mol. The Hall–Kier alpha value is -3.49. The summed E-state index contributed by atoms with van der Waals surface area (Å²) < 4.78 is 14.4. The Kier molecular flexibility index (Phi) is 5.93. The minimum atomic E-state index is -1.33. The normalized spacial score (nSPS) is 14.2. The molecule has 0 saturated carbocycles. The summed E-state index contributed by atoms with van der Waals surface area (Å²) in [7, 11) is -1.33. The molecule has 4 aromatic carbocycles. The number of benzene rings is 4. The van der Waals surface area contributed by atoms with E-state index in [0.717, 1.165) is 43.2 Å². The van der Waals surface area contributed by atoms with Crippen LogP contribution in [-0.2, 0) is 10.8 Å². The van der Waals surface area contributed by atoms with Gasteiger partial charge < -0.3 is 0 Å². The number of allylic oxidation sites excluding steroid dienone is 2. The molecule has 1 aliphatic heterocycles. The van der Waals surface area contributed by atoms with Gasteiger partial charge in [-0.05, 0) is 49.9 Å². The molecule has 1 aliphatic rings. The summed E-state index contributed by atoms with van der Waals surface area (Å²) in [5, 5.41) is 0. The molecule has 0 unspecified atom stereocenters. The third kappa shape index (κ3) is 4.10. The van der Waals surface area contributed by atoms with Crippen molar-refractivity contribution in [2.45, 2.75) is 27.7 Å². The fourth-order valence-corrected chi connectivity index (χ4v) is 6.13. The van der Waals surface area contributed by atoms with Gasteiger partial charge in [0.15, 0.2) is 0 Å². The van der Waals surface area contributed by atoms with Crippen LogP contribution >= 0.6 is 0 Å². The Morgan fingerprint density at radius 2 is 0.618 bits per heavy atom. The lowest BCUT2D eigenvalue weighted by Gasteiger charge is -2.14. The number of hydrogen-bond acceptors (Lipinski definition) is 1. The van der Waals surface area contributed by atoms with E-state index >= 15 is 0 Å². The fraction of sp³-hybridized carbons (Fsp3) is 0.125. The first kappa shape index (κ1) is 22.3. The lowest BCUT2D eigenvalue weighted by molar-refractivity contribution is 0.694. The van der Waals surface area contributed by atoms with Gasteiger partial charge in [0, 0.05) is 11.1 Å². The third-order valence-electron chi connectivity index (χ3n) is 6.38. The van der Waals surface area contributed by atoms with Crippen molar-refractivity contribution in [1.82, 2.24) is 0 Å². The predicted molar refractivity (Wildman–Crippen MR) is 146 cm³/mol. The predicted octanol–water partition coefficient (Wildman–Crippen LogP) is 8.12. The zero-order valence-electron chi connectivity index (χ0n) is 20.1. The molecule has 1 heterocycles. The molecule has 5 rings (SSSR count). The second-order valence-electron chi connectivity index (χ2n) is 9.14. The molecule has 0 aliphatic carbocycles. The summed E-state index contributed by atoms with van der Waals surface area (Å²) in [6.07, 6.45) is 0. The number of rotatable bonds is 4. The van der Waals surface area contributed by atoms with E-state index in [1.807, 2.05) is 0 Å². The molecular weight excluding hydrogens is 432 g/mol. The molecule has 0 amide bonds. The van der Waals surface area contributed by atoms with E-state index in [1.54, 1.807) is 0 Å². The minimum absolute atomic E-state index is 0.884. The van der Waals surface area contributed by atoms with Gasteiger partial charge in [-0.15, -0.1) is 0 Å². The highest BCUT2D eigenvalue weighted by Gasteiger charge is 2.34. The monoisotopic (exact) mass is 460 g/mol. The zero-order valence-corrected chi connectivity index (χ0v) is 20.9. The van der Waals surface area contributed by atoms with Crippen molar-refractivity contribution >= 4 is 31.8 Å². The second-order valence-corrected chi connectivity index (χ2v) is 10.5. The summed E-state index contributed by atoms with van der Waals surface area (Å²) in [6.45, 7) is 8.36. The SMILES string of the molecule is Cc1ccc(C2=C(c3ccc(C)cc3)S(=O)C(c3ccc(C)cc3)=C2c2ccc(C)cc2)cc1. The van der Waals surface area contributed by atoms with Crippen LogP contribution in [0.15, 0.2) is 97.1 Å². The van der Waals surface area contributed by atoms with E-state index in [-0.39, 0.29) is 0 Å². The van der Waals surface area contributed by atoms with Crippen LogP contribution in [0.3, 0.4) is 0 Å². The summed E-state index contributed by atoms with van der Waals surface area (Å²) in [4.78, 5) is 1.77. The van der Waals surface area contributed by atoms with E-state index in [1.165, 1.54) is 22.3 Å². The van der Waals surface area contributed by atoms with Crippen LogP contribution in [0.2, 0.25) is 0 Å². The highest BCUT2D eigenvalue weighted by molar-refractivity contribution is 8.04. The van der Waals surface area contributed by atoms with Crippen molar-refractivity contribution in [2.75, 3.05) is 0 Å². The molecule has 1 nitrogen and oxygen atoms in total. The zero-order chi connectivity index (χ0) is 23.8. The maximum Gasteiger partial charge on any atom is 0.0875 e. The first-order valence-electron chi connectivity index (χ1n) is 11.6. The Labute approximate surface area is 205 Å². The van der Waals surface area contributed by atoms with E-state index in [4.69, 9.17) is 0 Å². The van der Waals surface area contributed by atoms with Crippen LogP contribution in [0.4, 0.5) is 0 Å². The maximum atomic E-state index is 14.4. The average Bonchev–Trinajstić information content (AvgIpc) is 3.14. The Balaban J connectivity index is 1.86.